The van der Waals surface area contributed by atoms with Crippen molar-refractivity contribution in [3.05, 3.63) is 42.8 Å². The van der Waals surface area contributed by atoms with Crippen LogP contribution in [0.25, 0.3) is 0 Å². The van der Waals surface area contributed by atoms with Crippen LogP contribution in [-0.4, -0.2) is 18.0 Å². The average molecular weight is 231 g/mol. The van der Waals surface area contributed by atoms with E-state index in [0.29, 0.717) is 0 Å². The summed E-state index contributed by atoms with van der Waals surface area (Å²) in [7, 11) is 0. The highest BCUT2D eigenvalue weighted by molar-refractivity contribution is 5.16. The first-order chi connectivity index (χ1) is 8.27. The molecule has 2 heteroatoms. The van der Waals surface area contributed by atoms with Gasteiger partial charge in [0.15, 0.2) is 5.79 Å². The Hall–Kier alpha value is -0.860. The molecule has 1 aliphatic carbocycles. The summed E-state index contributed by atoms with van der Waals surface area (Å²) in [5.41, 5.74) is 1.30. The molecule has 2 atom stereocenters. The molecule has 2 aliphatic rings. The summed E-state index contributed by atoms with van der Waals surface area (Å²) in [5.74, 6) is -0.300. The van der Waals surface area contributed by atoms with Gasteiger partial charge >= 0.3 is 0 Å². The molecule has 2 nitrogen and oxygen atoms in total. The number of benzene rings is 1. The van der Waals surface area contributed by atoms with Gasteiger partial charge in [-0.05, 0) is 25.3 Å². The fraction of sp³-hybridized carbons (Fsp3) is 0.533. The monoisotopic (exact) mass is 231 g/mol. The molecule has 0 aromatic heterocycles. The molecular weight excluding hydrogens is 212 g/mol. The van der Waals surface area contributed by atoms with Crippen LogP contribution in [0.15, 0.2) is 30.3 Å². The molecule has 1 aromatic rings. The van der Waals surface area contributed by atoms with E-state index in [1.54, 1.807) is 0 Å². The van der Waals surface area contributed by atoms with Gasteiger partial charge in [0, 0.05) is 19.3 Å². The summed E-state index contributed by atoms with van der Waals surface area (Å²) in [6, 6.07) is 10.4. The van der Waals surface area contributed by atoms with E-state index in [2.05, 4.69) is 31.2 Å². The molecule has 1 saturated heterocycles. The van der Waals surface area contributed by atoms with Gasteiger partial charge in [0.2, 0.25) is 0 Å². The van der Waals surface area contributed by atoms with Gasteiger partial charge in [-0.1, -0.05) is 30.3 Å². The Morgan fingerprint density at radius 1 is 1.12 bits per heavy atom. The Balaban J connectivity index is 1.68. The lowest BCUT2D eigenvalue weighted by Gasteiger charge is -2.21. The molecule has 1 heterocycles. The maximum absolute atomic E-state index is 6.14. The summed E-state index contributed by atoms with van der Waals surface area (Å²) >= 11 is 0. The number of hydrogen-bond donors (Lipinski definition) is 0. The lowest BCUT2D eigenvalue weighted by molar-refractivity contribution is -0.166. The Kier molecular flexibility index (Phi) is 2.93. The number of hydrogen-bond acceptors (Lipinski definition) is 2. The molecule has 0 bridgehead atoms. The predicted octanol–water partition coefficient (Wildman–Crippen LogP) is 3.12. The van der Waals surface area contributed by atoms with E-state index in [-0.39, 0.29) is 18.0 Å². The maximum atomic E-state index is 6.14. The van der Waals surface area contributed by atoms with Crippen molar-refractivity contribution in [2.24, 2.45) is 0 Å². The van der Waals surface area contributed by atoms with Crippen LogP contribution in [0.3, 0.4) is 0 Å². The Morgan fingerprint density at radius 2 is 1.82 bits per heavy atom. The lowest BCUT2D eigenvalue weighted by atomic mass is 10.1. The minimum atomic E-state index is -0.300. The Bertz CT molecular complexity index is 368. The van der Waals surface area contributed by atoms with Crippen molar-refractivity contribution in [2.45, 2.75) is 50.1 Å². The third kappa shape index (κ3) is 2.24. The van der Waals surface area contributed by atoms with Gasteiger partial charge in [0.1, 0.15) is 0 Å². The third-order valence-electron chi connectivity index (χ3n) is 3.79. The Morgan fingerprint density at radius 3 is 2.53 bits per heavy atom. The molecule has 2 fully saturated rings. The molecule has 1 aliphatic heterocycles. The highest BCUT2D eigenvalue weighted by atomic mass is 16.8. The quantitative estimate of drug-likeness (QED) is 0.778. The summed E-state index contributed by atoms with van der Waals surface area (Å²) in [4.78, 5) is 0. The van der Waals surface area contributed by atoms with E-state index >= 15 is 0 Å². The van der Waals surface area contributed by atoms with Gasteiger partial charge < -0.3 is 9.47 Å². The maximum Gasteiger partial charge on any atom is 0.169 e. The smallest absolute Gasteiger partial charge is 0.169 e. The SMILES string of the molecule is [CH2][C@@H]1OC2(CCCC2)O[C@H]1Cc1ccccc1. The minimum Gasteiger partial charge on any atom is -0.344 e. The first-order valence-electron chi connectivity index (χ1n) is 6.50. The molecule has 0 unspecified atom stereocenters. The molecule has 0 amide bonds. The zero-order valence-electron chi connectivity index (χ0n) is 10.1. The molecule has 1 spiro atoms. The van der Waals surface area contributed by atoms with Gasteiger partial charge in [0.25, 0.3) is 0 Å². The molecule has 17 heavy (non-hydrogen) atoms. The number of rotatable bonds is 2. The van der Waals surface area contributed by atoms with Gasteiger partial charge in [-0.25, -0.2) is 0 Å². The van der Waals surface area contributed by atoms with Gasteiger partial charge in [-0.2, -0.15) is 0 Å². The molecule has 1 radical (unpaired) electrons. The average Bonchev–Trinajstić information content (AvgIpc) is 2.89. The van der Waals surface area contributed by atoms with Crippen molar-refractivity contribution in [3.8, 4) is 0 Å². The highest BCUT2D eigenvalue weighted by Crippen LogP contribution is 2.42. The highest BCUT2D eigenvalue weighted by Gasteiger charge is 2.47. The zero-order chi connectivity index (χ0) is 11.7. The first-order valence-corrected chi connectivity index (χ1v) is 6.50. The van der Waals surface area contributed by atoms with Crippen molar-refractivity contribution in [2.75, 3.05) is 0 Å². The van der Waals surface area contributed by atoms with E-state index in [9.17, 15) is 0 Å². The van der Waals surface area contributed by atoms with E-state index in [0.717, 1.165) is 19.3 Å². The van der Waals surface area contributed by atoms with Crippen molar-refractivity contribution in [3.63, 3.8) is 0 Å². The fourth-order valence-corrected chi connectivity index (χ4v) is 2.90. The summed E-state index contributed by atoms with van der Waals surface area (Å²) in [6.45, 7) is 4.09. The molecule has 0 N–H and O–H groups in total. The second-order valence-corrected chi connectivity index (χ2v) is 5.12. The van der Waals surface area contributed by atoms with E-state index in [1.807, 2.05) is 6.07 Å². The summed E-state index contributed by atoms with van der Waals surface area (Å²) in [5, 5.41) is 0. The van der Waals surface area contributed by atoms with Crippen LogP contribution in [0.2, 0.25) is 0 Å². The van der Waals surface area contributed by atoms with Crippen molar-refractivity contribution >= 4 is 0 Å². The second kappa shape index (κ2) is 4.43. The van der Waals surface area contributed by atoms with E-state index < -0.39 is 0 Å². The van der Waals surface area contributed by atoms with Crippen molar-refractivity contribution < 1.29 is 9.47 Å². The predicted molar refractivity (Wildman–Crippen MR) is 66.4 cm³/mol. The normalized spacial score (nSPS) is 31.1. The standard InChI is InChI=1S/C15H19O2/c1-12-14(11-13-7-3-2-4-8-13)17-15(16-12)9-5-6-10-15/h2-4,7-8,12,14H,1,5-6,9-11H2/t12-,14-/m0/s1. The van der Waals surface area contributed by atoms with E-state index in [1.165, 1.54) is 18.4 Å². The van der Waals surface area contributed by atoms with E-state index in [4.69, 9.17) is 9.47 Å². The van der Waals surface area contributed by atoms with Crippen LogP contribution in [-0.2, 0) is 15.9 Å². The topological polar surface area (TPSA) is 18.5 Å². The zero-order valence-corrected chi connectivity index (χ0v) is 10.1. The lowest BCUT2D eigenvalue weighted by Crippen LogP contribution is -2.27. The fourth-order valence-electron chi connectivity index (χ4n) is 2.90. The molecule has 3 rings (SSSR count). The van der Waals surface area contributed by atoms with Crippen molar-refractivity contribution in [1.82, 2.24) is 0 Å². The van der Waals surface area contributed by atoms with Crippen LogP contribution < -0.4 is 0 Å². The van der Waals surface area contributed by atoms with Crippen molar-refractivity contribution in [1.29, 1.82) is 0 Å². The molecule has 91 valence electrons. The summed E-state index contributed by atoms with van der Waals surface area (Å²) in [6.07, 6.45) is 5.46. The van der Waals surface area contributed by atoms with Gasteiger partial charge in [-0.15, -0.1) is 0 Å². The largest absolute Gasteiger partial charge is 0.344 e. The molecule has 1 saturated carbocycles. The summed E-state index contributed by atoms with van der Waals surface area (Å²) < 4.78 is 12.1. The van der Waals surface area contributed by atoms with Crippen LogP contribution in [0.4, 0.5) is 0 Å². The van der Waals surface area contributed by atoms with Crippen LogP contribution >= 0.6 is 0 Å². The van der Waals surface area contributed by atoms with Gasteiger partial charge in [0.05, 0.1) is 12.2 Å². The third-order valence-corrected chi connectivity index (χ3v) is 3.79. The Labute approximate surface area is 103 Å². The van der Waals surface area contributed by atoms with Crippen LogP contribution in [0, 0.1) is 6.92 Å². The molecular formula is C15H19O2. The van der Waals surface area contributed by atoms with Crippen LogP contribution in [0.5, 0.6) is 0 Å². The minimum absolute atomic E-state index is 0.0340. The van der Waals surface area contributed by atoms with Gasteiger partial charge in [-0.3, -0.25) is 0 Å². The first kappa shape index (κ1) is 11.2. The second-order valence-electron chi connectivity index (χ2n) is 5.12. The van der Waals surface area contributed by atoms with Crippen LogP contribution in [0.1, 0.15) is 31.2 Å². The molecule has 1 aromatic carbocycles. The number of ether oxygens (including phenoxy) is 2.